The number of alkyl halides is 1. The molecular weight excluding hydrogens is 303 g/mol. The minimum absolute atomic E-state index is 0.0320. The quantitative estimate of drug-likeness (QED) is 0.448. The molecule has 0 N–H and O–H groups in total. The Kier molecular flexibility index (Phi) is 5.36. The normalized spacial score (nSPS) is 18.9. The van der Waals surface area contributed by atoms with Gasteiger partial charge in [-0.05, 0) is 33.1 Å². The standard InChI is InChI=1S/C12H21IO2/c1-12(2,8-9-13)15-11(14)10-6-4-3-5-7-10/h10H,3-9H2,1-2H3. The predicted molar refractivity (Wildman–Crippen MR) is 70.3 cm³/mol. The van der Waals surface area contributed by atoms with Crippen LogP contribution in [-0.4, -0.2) is 16.0 Å². The topological polar surface area (TPSA) is 26.3 Å². The summed E-state index contributed by atoms with van der Waals surface area (Å²) in [5, 5.41) is 0. The summed E-state index contributed by atoms with van der Waals surface area (Å²) in [6, 6.07) is 0. The summed E-state index contributed by atoms with van der Waals surface area (Å²) in [4.78, 5) is 11.9. The van der Waals surface area contributed by atoms with Crippen LogP contribution in [0.25, 0.3) is 0 Å². The van der Waals surface area contributed by atoms with Gasteiger partial charge < -0.3 is 4.74 Å². The molecule has 0 aromatic heterocycles. The van der Waals surface area contributed by atoms with Gasteiger partial charge in [0.1, 0.15) is 5.60 Å². The number of hydrogen-bond donors (Lipinski definition) is 0. The van der Waals surface area contributed by atoms with E-state index in [4.69, 9.17) is 4.74 Å². The third-order valence-corrected chi connectivity index (χ3v) is 3.55. The third kappa shape index (κ3) is 4.70. The van der Waals surface area contributed by atoms with E-state index < -0.39 is 0 Å². The van der Waals surface area contributed by atoms with E-state index in [0.29, 0.717) is 0 Å². The number of ether oxygens (including phenoxy) is 1. The van der Waals surface area contributed by atoms with Gasteiger partial charge >= 0.3 is 5.97 Å². The molecule has 0 atom stereocenters. The van der Waals surface area contributed by atoms with Gasteiger partial charge in [-0.1, -0.05) is 41.9 Å². The Hall–Kier alpha value is 0.200. The first-order valence-electron chi connectivity index (χ1n) is 5.84. The number of rotatable bonds is 4. The molecule has 0 spiro atoms. The average Bonchev–Trinajstić information content (AvgIpc) is 2.18. The third-order valence-electron chi connectivity index (χ3n) is 3.01. The highest BCUT2D eigenvalue weighted by Crippen LogP contribution is 2.27. The highest BCUT2D eigenvalue weighted by atomic mass is 127. The highest BCUT2D eigenvalue weighted by molar-refractivity contribution is 14.1. The van der Waals surface area contributed by atoms with Crippen molar-refractivity contribution in [2.45, 2.75) is 58.0 Å². The van der Waals surface area contributed by atoms with Crippen LogP contribution in [-0.2, 0) is 9.53 Å². The molecule has 0 aromatic carbocycles. The number of carbonyl (C=O) groups is 1. The van der Waals surface area contributed by atoms with Gasteiger partial charge in [0.05, 0.1) is 5.92 Å². The highest BCUT2D eigenvalue weighted by Gasteiger charge is 2.28. The molecule has 88 valence electrons. The molecule has 1 rings (SSSR count). The van der Waals surface area contributed by atoms with E-state index in [1.165, 1.54) is 19.3 Å². The SMILES string of the molecule is CC(C)(CCI)OC(=O)C1CCCCC1. The predicted octanol–water partition coefficient (Wildman–Crippen LogP) is 3.71. The Bertz CT molecular complexity index is 208. The molecule has 1 saturated carbocycles. The van der Waals surface area contributed by atoms with E-state index in [1.807, 2.05) is 13.8 Å². The van der Waals surface area contributed by atoms with Crippen LogP contribution in [0, 0.1) is 5.92 Å². The Balaban J connectivity index is 2.39. The van der Waals surface area contributed by atoms with Crippen LogP contribution in [0.4, 0.5) is 0 Å². The number of esters is 1. The van der Waals surface area contributed by atoms with Crippen LogP contribution in [0.1, 0.15) is 52.4 Å². The van der Waals surface area contributed by atoms with Crippen LogP contribution in [0.3, 0.4) is 0 Å². The maximum Gasteiger partial charge on any atom is 0.309 e. The molecule has 0 heterocycles. The molecule has 0 radical (unpaired) electrons. The molecule has 15 heavy (non-hydrogen) atoms. The first-order chi connectivity index (χ1) is 7.05. The zero-order valence-corrected chi connectivity index (χ0v) is 11.9. The molecule has 1 aliphatic carbocycles. The largest absolute Gasteiger partial charge is 0.459 e. The van der Waals surface area contributed by atoms with Gasteiger partial charge in [-0.25, -0.2) is 0 Å². The van der Waals surface area contributed by atoms with Crippen LogP contribution in [0.2, 0.25) is 0 Å². The first-order valence-corrected chi connectivity index (χ1v) is 7.36. The van der Waals surface area contributed by atoms with E-state index in [9.17, 15) is 4.79 Å². The van der Waals surface area contributed by atoms with Crippen molar-refractivity contribution in [2.24, 2.45) is 5.92 Å². The van der Waals surface area contributed by atoms with Crippen LogP contribution >= 0.6 is 22.6 Å². The van der Waals surface area contributed by atoms with Crippen molar-refractivity contribution in [1.82, 2.24) is 0 Å². The minimum atomic E-state index is -0.282. The van der Waals surface area contributed by atoms with Gasteiger partial charge in [0.2, 0.25) is 0 Å². The van der Waals surface area contributed by atoms with E-state index in [2.05, 4.69) is 22.6 Å². The molecular formula is C12H21IO2. The van der Waals surface area contributed by atoms with Crippen molar-refractivity contribution >= 4 is 28.6 Å². The van der Waals surface area contributed by atoms with Crippen LogP contribution in [0.15, 0.2) is 0 Å². The fourth-order valence-corrected chi connectivity index (χ4v) is 3.27. The monoisotopic (exact) mass is 324 g/mol. The first kappa shape index (κ1) is 13.3. The van der Waals surface area contributed by atoms with Gasteiger partial charge in [0.25, 0.3) is 0 Å². The maximum atomic E-state index is 11.9. The van der Waals surface area contributed by atoms with Crippen molar-refractivity contribution in [2.75, 3.05) is 4.43 Å². The Morgan fingerprint density at radius 2 is 1.93 bits per heavy atom. The van der Waals surface area contributed by atoms with E-state index in [-0.39, 0.29) is 17.5 Å². The molecule has 3 heteroatoms. The molecule has 0 amide bonds. The second-order valence-corrected chi connectivity index (χ2v) is 6.03. The second-order valence-electron chi connectivity index (χ2n) is 4.95. The summed E-state index contributed by atoms with van der Waals surface area (Å²) in [6.07, 6.45) is 6.64. The Morgan fingerprint density at radius 3 is 2.47 bits per heavy atom. The summed E-state index contributed by atoms with van der Waals surface area (Å²) in [6.45, 7) is 4.01. The average molecular weight is 324 g/mol. The summed E-state index contributed by atoms with van der Waals surface area (Å²) in [7, 11) is 0. The van der Waals surface area contributed by atoms with Gasteiger partial charge in [-0.3, -0.25) is 4.79 Å². The number of hydrogen-bond acceptors (Lipinski definition) is 2. The fraction of sp³-hybridized carbons (Fsp3) is 0.917. The zero-order chi connectivity index (χ0) is 11.3. The molecule has 0 aliphatic heterocycles. The summed E-state index contributed by atoms with van der Waals surface area (Å²) in [5.41, 5.74) is -0.282. The Morgan fingerprint density at radius 1 is 1.33 bits per heavy atom. The van der Waals surface area contributed by atoms with Crippen LogP contribution < -0.4 is 0 Å². The molecule has 0 unspecified atom stereocenters. The molecule has 0 saturated heterocycles. The van der Waals surface area contributed by atoms with Gasteiger partial charge in [-0.15, -0.1) is 0 Å². The van der Waals surface area contributed by atoms with E-state index in [0.717, 1.165) is 23.7 Å². The fourth-order valence-electron chi connectivity index (χ4n) is 1.97. The minimum Gasteiger partial charge on any atom is -0.459 e. The number of carbonyl (C=O) groups excluding carboxylic acids is 1. The van der Waals surface area contributed by atoms with E-state index >= 15 is 0 Å². The van der Waals surface area contributed by atoms with Crippen molar-refractivity contribution in [3.05, 3.63) is 0 Å². The molecule has 1 aliphatic rings. The lowest BCUT2D eigenvalue weighted by Gasteiger charge is -2.28. The second kappa shape index (κ2) is 6.06. The maximum absolute atomic E-state index is 11.9. The Labute approximate surface area is 106 Å². The van der Waals surface area contributed by atoms with Gasteiger partial charge in [0, 0.05) is 4.43 Å². The molecule has 1 fully saturated rings. The van der Waals surface area contributed by atoms with Gasteiger partial charge in [-0.2, -0.15) is 0 Å². The summed E-state index contributed by atoms with van der Waals surface area (Å²) >= 11 is 2.32. The summed E-state index contributed by atoms with van der Waals surface area (Å²) in [5.74, 6) is 0.205. The smallest absolute Gasteiger partial charge is 0.309 e. The van der Waals surface area contributed by atoms with Crippen molar-refractivity contribution in [3.8, 4) is 0 Å². The molecule has 2 nitrogen and oxygen atoms in total. The lowest BCUT2D eigenvalue weighted by molar-refractivity contribution is -0.162. The van der Waals surface area contributed by atoms with Gasteiger partial charge in [0.15, 0.2) is 0 Å². The van der Waals surface area contributed by atoms with Crippen molar-refractivity contribution < 1.29 is 9.53 Å². The lowest BCUT2D eigenvalue weighted by atomic mass is 9.89. The molecule has 0 aromatic rings. The number of halogens is 1. The summed E-state index contributed by atoms with van der Waals surface area (Å²) < 4.78 is 6.60. The zero-order valence-electron chi connectivity index (χ0n) is 9.72. The lowest BCUT2D eigenvalue weighted by Crippen LogP contribution is -2.32. The van der Waals surface area contributed by atoms with E-state index in [1.54, 1.807) is 0 Å². The van der Waals surface area contributed by atoms with Crippen molar-refractivity contribution in [1.29, 1.82) is 0 Å². The van der Waals surface area contributed by atoms with Crippen LogP contribution in [0.5, 0.6) is 0 Å². The van der Waals surface area contributed by atoms with Crippen molar-refractivity contribution in [3.63, 3.8) is 0 Å². The molecule has 0 bridgehead atoms.